The van der Waals surface area contributed by atoms with E-state index in [1.807, 2.05) is 238 Å². The molecule has 18 rings (SSSR count). The third kappa shape index (κ3) is 31.6. The van der Waals surface area contributed by atoms with Gasteiger partial charge in [0.15, 0.2) is 77.2 Å². The Bertz CT molecular complexity index is 6040. The van der Waals surface area contributed by atoms with Crippen LogP contribution in [0.3, 0.4) is 0 Å². The second-order valence-corrected chi connectivity index (χ2v) is 34.4. The number of pyridine rings is 9. The van der Waals surface area contributed by atoms with Crippen LogP contribution in [0.15, 0.2) is 320 Å². The summed E-state index contributed by atoms with van der Waals surface area (Å²) in [6, 6.07) is 43.5. The molecule has 18 aromatic rings. The summed E-state index contributed by atoms with van der Waals surface area (Å²) in [5.41, 5.74) is 13.6. The normalized spacial score (nSPS) is 12.0. The van der Waals surface area contributed by atoms with Gasteiger partial charge in [-0.15, -0.1) is 0 Å². The Balaban J connectivity index is 0.000000206. The van der Waals surface area contributed by atoms with Crippen LogP contribution >= 0.6 is 0 Å². The van der Waals surface area contributed by atoms with E-state index >= 15 is 0 Å². The largest absolute Gasteiger partial charge is 1.00 e. The van der Waals surface area contributed by atoms with Crippen molar-refractivity contribution in [3.05, 3.63) is 378 Å². The van der Waals surface area contributed by atoms with Gasteiger partial charge in [0.25, 0.3) is 0 Å². The monoisotopic (exact) mass is 2560 g/mol. The number of aryl methyl sites for hydroxylation is 13. The second-order valence-electron chi connectivity index (χ2n) is 34.4. The molecule has 27 nitrogen and oxygen atoms in total. The fourth-order valence-electron chi connectivity index (χ4n) is 17.2. The maximum atomic E-state index is 4.66. The van der Waals surface area contributed by atoms with E-state index in [4.69, 9.17) is 0 Å². The molecule has 0 aliphatic heterocycles. The fourth-order valence-corrected chi connectivity index (χ4v) is 17.2. The number of aromatic nitrogens is 27. The smallest absolute Gasteiger partial charge is 0.339 e. The van der Waals surface area contributed by atoms with Crippen molar-refractivity contribution in [1.29, 1.82) is 0 Å². The summed E-state index contributed by atoms with van der Waals surface area (Å²) in [5, 5.41) is 0. The maximum Gasteiger partial charge on any atom is 1.00 e. The van der Waals surface area contributed by atoms with E-state index in [1.54, 1.807) is 49.6 Å². The Hall–Kier alpha value is -12.4. The summed E-state index contributed by atoms with van der Waals surface area (Å²) < 4.78 is 26.1. The third-order valence-corrected chi connectivity index (χ3v) is 25.1. The fraction of sp³-hybridized carbons (Fsp3) is 0.315. The van der Waals surface area contributed by atoms with Gasteiger partial charge < -0.3 is 50.2 Å². The van der Waals surface area contributed by atoms with Crippen LogP contribution < -0.4 is 37.4 Å². The minimum absolute atomic E-state index is 0. The molecule has 31 heteroatoms. The number of hydrogen-bond acceptors (Lipinski definition) is 12. The molecule has 0 aromatic carbocycles. The molecule has 2 radical (unpaired) electrons. The van der Waals surface area contributed by atoms with Crippen LogP contribution in [0.1, 0.15) is 178 Å². The number of unbranched alkanes of at least 4 members (excludes halogenated alkanes) is 1. The summed E-state index contributed by atoms with van der Waals surface area (Å²) in [5.74, 6) is 11.0. The van der Waals surface area contributed by atoms with Gasteiger partial charge in [-0.25, -0.2) is 59.0 Å². The zero-order valence-corrected chi connectivity index (χ0v) is 93.1. The van der Waals surface area contributed by atoms with Crippen LogP contribution in [0.4, 0.5) is 0 Å². The van der Waals surface area contributed by atoms with E-state index in [2.05, 4.69) is 266 Å². The molecule has 0 spiro atoms. The summed E-state index contributed by atoms with van der Waals surface area (Å²) >= 11 is 0. The standard InChI is InChI=1S/C39H46N5.C37H45N6.4C8H10N4.2Os.2W/c1-4-32(35-15-24-43(3)25-16-35)29-37(34-13-20-40-21-14-34)30-33(5-2)36-17-26-44(27-18-36)23-9-7-10-31-12-22-42-39(28-31)38-11-6-8-19-41-38;1-5-30(33-13-22-41(4)23-14-33)27-35(32-11-17-38-18-12-32)28-31(6-2)34-15-24-42(25-16-34)20-8-21-43-26-19-39-37(43)36-10-7-9-29(3)40-36;4*1-11-5-3-9-7(11)8-10-4-6-12(8)2;;;;/h6,8,11-22,24-28,32-33,37H,3-5,7,9-10,23,29-30H2,1-2H3;7,9-19,22-26,30-31,35H,4-6,8,20-21,27-28H2,1-3H3;4*3-6H,1-2H3;;;;/q2*+1;;;;;2*+1;;. The molecule has 6 atom stereocenters. The van der Waals surface area contributed by atoms with Crippen molar-refractivity contribution in [2.75, 3.05) is 0 Å². The van der Waals surface area contributed by atoms with Crippen LogP contribution in [-0.4, -0.2) is 91.8 Å². The Morgan fingerprint density at radius 1 is 0.331 bits per heavy atom. The summed E-state index contributed by atoms with van der Waals surface area (Å²) in [6.07, 6.45) is 75.4. The van der Waals surface area contributed by atoms with Gasteiger partial charge in [-0.1, -0.05) is 75.2 Å². The topological polar surface area (TPSA) is 241 Å². The minimum atomic E-state index is 0. The van der Waals surface area contributed by atoms with Gasteiger partial charge in [-0.3, -0.25) is 19.9 Å². The van der Waals surface area contributed by atoms with Crippen LogP contribution in [0, 0.1) is 21.0 Å². The molecule has 139 heavy (non-hydrogen) atoms. The zero-order valence-electron chi connectivity index (χ0n) is 82.1. The van der Waals surface area contributed by atoms with Gasteiger partial charge >= 0.3 is 39.6 Å². The molecule has 0 bridgehead atoms. The van der Waals surface area contributed by atoms with E-state index in [0.717, 1.165) is 172 Å². The van der Waals surface area contributed by atoms with Gasteiger partial charge in [-0.05, 0) is 195 Å². The van der Waals surface area contributed by atoms with E-state index in [0.29, 0.717) is 35.5 Å². The average molecular weight is 2560 g/mol. The van der Waals surface area contributed by atoms with Gasteiger partial charge in [0.05, 0.1) is 36.2 Å². The van der Waals surface area contributed by atoms with E-state index in [9.17, 15) is 0 Å². The third-order valence-electron chi connectivity index (χ3n) is 25.1. The number of hydrogen-bond donors (Lipinski definition) is 0. The zero-order chi connectivity index (χ0) is 94.8. The van der Waals surface area contributed by atoms with Gasteiger partial charge in [0, 0.05) is 311 Å². The van der Waals surface area contributed by atoms with Crippen molar-refractivity contribution in [3.63, 3.8) is 0 Å². The molecule has 18 aromatic heterocycles. The van der Waals surface area contributed by atoms with E-state index < -0.39 is 0 Å². The molecule has 0 amide bonds. The van der Waals surface area contributed by atoms with E-state index in [-0.39, 0.29) is 81.7 Å². The number of rotatable bonds is 33. The van der Waals surface area contributed by atoms with Gasteiger partial charge in [0.1, 0.15) is 18.8 Å². The van der Waals surface area contributed by atoms with Crippen molar-refractivity contribution in [2.45, 2.75) is 167 Å². The molecule has 0 saturated heterocycles. The minimum Gasteiger partial charge on any atom is -0.339 e. The van der Waals surface area contributed by atoms with Crippen molar-refractivity contribution in [1.82, 2.24) is 102 Å². The Kier molecular flexibility index (Phi) is 44.9. The Morgan fingerprint density at radius 2 is 0.683 bits per heavy atom. The molecule has 0 saturated carbocycles. The first-order valence-electron chi connectivity index (χ1n) is 46.8. The van der Waals surface area contributed by atoms with Crippen molar-refractivity contribution in [2.24, 2.45) is 56.4 Å². The molecule has 0 N–H and O–H groups in total. The van der Waals surface area contributed by atoms with Crippen molar-refractivity contribution < 1.29 is 109 Å². The molecule has 6 unspecified atom stereocenters. The summed E-state index contributed by atoms with van der Waals surface area (Å²) in [4.78, 5) is 60.4. The molecule has 0 fully saturated rings. The van der Waals surface area contributed by atoms with Crippen molar-refractivity contribution in [3.8, 4) is 69.5 Å². The van der Waals surface area contributed by atoms with Gasteiger partial charge in [0.2, 0.25) is 0 Å². The molecule has 18 heterocycles. The number of imidazole rings is 9. The Labute approximate surface area is 874 Å². The second kappa shape index (κ2) is 56.6. The predicted octanol–water partition coefficient (Wildman–Crippen LogP) is 16.6. The summed E-state index contributed by atoms with van der Waals surface area (Å²) in [7, 11) is 23.6. The quantitative estimate of drug-likeness (QED) is 0.0211. The average Bonchev–Trinajstić information content (AvgIpc) is 1.65. The SMILES string of the molecule is Cn1ccnc1-c1[n-]cc[n+]1C.Cn1ccnc1-c1[n-]cc[n+]1C.Cn1ccnc1-c1nccn1C.Cn1ccnc1-c1nccn1C.[CH2-][n+]1ccc(C(CC)CC(CC(CC)c2cc[n+](CCCCc3ccnc(-c4ccccn4)c3)cc2)c2ccncc2)cc1.[CH2-][n+]1ccc(C(CC)CC(CC(CC)c2cc[n+](CCCn3ccnc3-c3cccc(C)n3)cc2)c2ccncc2)cc1.[Os+].[Os+].[W].[W]. The van der Waals surface area contributed by atoms with Crippen molar-refractivity contribution >= 4 is 0 Å². The van der Waals surface area contributed by atoms with Gasteiger partial charge in [-0.2, -0.15) is 0 Å². The van der Waals surface area contributed by atoms with Crippen LogP contribution in [-0.2, 0) is 164 Å². The first-order valence-corrected chi connectivity index (χ1v) is 46.8. The summed E-state index contributed by atoms with van der Waals surface area (Å²) in [6.45, 7) is 14.2. The molecule has 0 aliphatic carbocycles. The first-order chi connectivity index (χ1) is 65.8. The predicted molar refractivity (Wildman–Crippen MR) is 525 cm³/mol. The maximum absolute atomic E-state index is 4.66. The van der Waals surface area contributed by atoms with Crippen LogP contribution in [0.25, 0.3) is 69.5 Å². The molecule has 722 valence electrons. The van der Waals surface area contributed by atoms with E-state index in [1.165, 1.54) is 38.9 Å². The van der Waals surface area contributed by atoms with Crippen LogP contribution in [0.5, 0.6) is 0 Å². The first kappa shape index (κ1) is 110. The van der Waals surface area contributed by atoms with Crippen LogP contribution in [0.2, 0.25) is 0 Å². The molecular formula is C108H131N27Os2W2+4. The number of nitrogens with zero attached hydrogens (tertiary/aromatic N) is 27. The molecule has 0 aliphatic rings. The molecular weight excluding hydrogens is 2420 g/mol. The Morgan fingerprint density at radius 3 is 1.04 bits per heavy atom.